The summed E-state index contributed by atoms with van der Waals surface area (Å²) in [5, 5.41) is 20.6. The summed E-state index contributed by atoms with van der Waals surface area (Å²) in [4.78, 5) is 22.2. The lowest BCUT2D eigenvalue weighted by Crippen LogP contribution is -2.42. The highest BCUT2D eigenvalue weighted by Gasteiger charge is 2.25. The number of benzene rings is 1. The number of amides is 1. The van der Waals surface area contributed by atoms with Gasteiger partial charge in [0.15, 0.2) is 0 Å². The molecule has 0 fully saturated rings. The fourth-order valence-corrected chi connectivity index (χ4v) is 1.65. The van der Waals surface area contributed by atoms with E-state index < -0.39 is 29.7 Å². The van der Waals surface area contributed by atoms with Crippen LogP contribution < -0.4 is 5.32 Å². The number of carboxylic acid groups (broad SMARTS) is 1. The van der Waals surface area contributed by atoms with Crippen molar-refractivity contribution in [1.82, 2.24) is 5.32 Å². The first-order chi connectivity index (χ1) is 8.71. The second-order valence-electron chi connectivity index (χ2n) is 4.38. The molecule has 1 amide bonds. The van der Waals surface area contributed by atoms with E-state index in [1.54, 1.807) is 0 Å². The van der Waals surface area contributed by atoms with Gasteiger partial charge in [-0.3, -0.25) is 9.59 Å². The van der Waals surface area contributed by atoms with E-state index in [1.807, 2.05) is 0 Å². The lowest BCUT2D eigenvalue weighted by Gasteiger charge is -2.21. The Bertz CT molecular complexity index is 505. The molecule has 5 nitrogen and oxygen atoms in total. The molecular weight excluding hydrogens is 321 g/mol. The number of aliphatic carboxylic acids is 1. The molecule has 1 aromatic rings. The second-order valence-corrected chi connectivity index (χ2v) is 5.23. The lowest BCUT2D eigenvalue weighted by atomic mass is 10.0. The minimum atomic E-state index is -1.56. The van der Waals surface area contributed by atoms with Crippen molar-refractivity contribution in [1.29, 1.82) is 0 Å². The third kappa shape index (κ3) is 4.96. The van der Waals surface area contributed by atoms with Gasteiger partial charge in [-0.15, -0.1) is 0 Å². The molecule has 1 unspecified atom stereocenters. The van der Waals surface area contributed by atoms with Crippen molar-refractivity contribution in [2.24, 2.45) is 0 Å². The van der Waals surface area contributed by atoms with Crippen molar-refractivity contribution in [2.75, 3.05) is 6.54 Å². The minimum Gasteiger partial charge on any atom is -0.481 e. The van der Waals surface area contributed by atoms with E-state index in [-0.39, 0.29) is 16.6 Å². The molecule has 19 heavy (non-hydrogen) atoms. The molecule has 7 heteroatoms. The molecule has 1 rings (SSSR count). The standard InChI is InChI=1S/C12H13BrFNO4/c1-12(19,5-10(16)17)6-15-11(18)7-2-3-8(13)9(14)4-7/h2-4,19H,5-6H2,1H3,(H,15,18)(H,16,17). The van der Waals surface area contributed by atoms with Crippen LogP contribution in [0.2, 0.25) is 0 Å². The molecule has 3 N–H and O–H groups in total. The van der Waals surface area contributed by atoms with Crippen LogP contribution >= 0.6 is 15.9 Å². The average Bonchev–Trinajstić information content (AvgIpc) is 2.28. The zero-order valence-corrected chi connectivity index (χ0v) is 11.7. The third-order valence-corrected chi connectivity index (χ3v) is 2.99. The van der Waals surface area contributed by atoms with Crippen LogP contribution in [-0.2, 0) is 4.79 Å². The van der Waals surface area contributed by atoms with Crippen molar-refractivity contribution >= 4 is 27.8 Å². The summed E-state index contributed by atoms with van der Waals surface area (Å²) < 4.78 is 13.5. The summed E-state index contributed by atoms with van der Waals surface area (Å²) in [5.74, 6) is -2.34. The molecule has 0 aromatic heterocycles. The number of hydrogen-bond donors (Lipinski definition) is 3. The van der Waals surface area contributed by atoms with Crippen molar-refractivity contribution in [2.45, 2.75) is 18.9 Å². The van der Waals surface area contributed by atoms with E-state index >= 15 is 0 Å². The van der Waals surface area contributed by atoms with Crippen molar-refractivity contribution in [3.63, 3.8) is 0 Å². The zero-order valence-electron chi connectivity index (χ0n) is 10.1. The van der Waals surface area contributed by atoms with Crippen LogP contribution in [0.3, 0.4) is 0 Å². The van der Waals surface area contributed by atoms with Crippen molar-refractivity contribution in [3.8, 4) is 0 Å². The summed E-state index contributed by atoms with van der Waals surface area (Å²) in [6, 6.07) is 3.85. The van der Waals surface area contributed by atoms with Crippen LogP contribution in [-0.4, -0.2) is 34.2 Å². The Balaban J connectivity index is 2.65. The summed E-state index contributed by atoms with van der Waals surface area (Å²) >= 11 is 2.96. The third-order valence-electron chi connectivity index (χ3n) is 2.34. The summed E-state index contributed by atoms with van der Waals surface area (Å²) in [6.07, 6.45) is -0.498. The number of rotatable bonds is 5. The molecule has 0 spiro atoms. The monoisotopic (exact) mass is 333 g/mol. The van der Waals surface area contributed by atoms with E-state index in [4.69, 9.17) is 5.11 Å². The van der Waals surface area contributed by atoms with Gasteiger partial charge in [-0.2, -0.15) is 0 Å². The Morgan fingerprint density at radius 2 is 2.11 bits per heavy atom. The van der Waals surface area contributed by atoms with Gasteiger partial charge in [0.25, 0.3) is 5.91 Å². The van der Waals surface area contributed by atoms with Gasteiger partial charge in [-0.1, -0.05) is 0 Å². The fourth-order valence-electron chi connectivity index (χ4n) is 1.40. The number of carbonyl (C=O) groups excluding carboxylic acids is 1. The Kier molecular flexibility index (Phi) is 5.02. The van der Waals surface area contributed by atoms with Crippen molar-refractivity contribution < 1.29 is 24.2 Å². The predicted molar refractivity (Wildman–Crippen MR) is 69.3 cm³/mol. The van der Waals surface area contributed by atoms with Gasteiger partial charge in [-0.25, -0.2) is 4.39 Å². The van der Waals surface area contributed by atoms with Crippen LogP contribution in [0.15, 0.2) is 22.7 Å². The maximum atomic E-state index is 13.2. The van der Waals surface area contributed by atoms with Crippen LogP contribution in [0.4, 0.5) is 4.39 Å². The number of carboxylic acids is 1. The highest BCUT2D eigenvalue weighted by molar-refractivity contribution is 9.10. The molecule has 0 aliphatic carbocycles. The molecule has 104 valence electrons. The molecule has 1 atom stereocenters. The SMILES string of the molecule is CC(O)(CNC(=O)c1ccc(Br)c(F)c1)CC(=O)O. The average molecular weight is 334 g/mol. The number of carbonyl (C=O) groups is 2. The van der Waals surface area contributed by atoms with Crippen LogP contribution in [0.5, 0.6) is 0 Å². The van der Waals surface area contributed by atoms with E-state index in [0.29, 0.717) is 0 Å². The van der Waals surface area contributed by atoms with Gasteiger partial charge >= 0.3 is 5.97 Å². The fraction of sp³-hybridized carbons (Fsp3) is 0.333. The quantitative estimate of drug-likeness (QED) is 0.762. The highest BCUT2D eigenvalue weighted by Crippen LogP contribution is 2.16. The van der Waals surface area contributed by atoms with E-state index in [9.17, 15) is 19.1 Å². The Labute approximate surface area is 117 Å². The zero-order chi connectivity index (χ0) is 14.6. The van der Waals surface area contributed by atoms with Crippen molar-refractivity contribution in [3.05, 3.63) is 34.1 Å². The lowest BCUT2D eigenvalue weighted by molar-refractivity contribution is -0.141. The summed E-state index contributed by atoms with van der Waals surface area (Å²) in [6.45, 7) is 1.05. The smallest absolute Gasteiger partial charge is 0.306 e. The van der Waals surface area contributed by atoms with Gasteiger partial charge < -0.3 is 15.5 Å². The predicted octanol–water partition coefficient (Wildman–Crippen LogP) is 1.54. The van der Waals surface area contributed by atoms with E-state index in [1.165, 1.54) is 19.1 Å². The molecule has 0 bridgehead atoms. The van der Waals surface area contributed by atoms with Crippen LogP contribution in [0.25, 0.3) is 0 Å². The molecule has 0 aliphatic heterocycles. The second kappa shape index (κ2) is 6.12. The van der Waals surface area contributed by atoms with E-state index in [0.717, 1.165) is 6.07 Å². The largest absolute Gasteiger partial charge is 0.481 e. The number of aliphatic hydroxyl groups is 1. The first kappa shape index (κ1) is 15.6. The Morgan fingerprint density at radius 1 is 1.47 bits per heavy atom. The number of hydrogen-bond acceptors (Lipinski definition) is 3. The highest BCUT2D eigenvalue weighted by atomic mass is 79.9. The Hall–Kier alpha value is -1.47. The molecule has 0 heterocycles. The van der Waals surface area contributed by atoms with Crippen LogP contribution in [0, 0.1) is 5.82 Å². The maximum Gasteiger partial charge on any atom is 0.306 e. The van der Waals surface area contributed by atoms with Gasteiger partial charge in [0.1, 0.15) is 5.82 Å². The van der Waals surface area contributed by atoms with Gasteiger partial charge in [0, 0.05) is 12.1 Å². The van der Waals surface area contributed by atoms with Gasteiger partial charge in [0.05, 0.1) is 16.5 Å². The summed E-state index contributed by atoms with van der Waals surface area (Å²) in [5.41, 5.74) is -1.47. The molecule has 0 saturated heterocycles. The van der Waals surface area contributed by atoms with Crippen LogP contribution in [0.1, 0.15) is 23.7 Å². The molecule has 0 aliphatic rings. The minimum absolute atomic E-state index is 0.0897. The van der Waals surface area contributed by atoms with Gasteiger partial charge in [-0.05, 0) is 41.1 Å². The topological polar surface area (TPSA) is 86.6 Å². The number of nitrogens with one attached hydrogen (secondary N) is 1. The summed E-state index contributed by atoms with van der Waals surface area (Å²) in [7, 11) is 0. The van der Waals surface area contributed by atoms with Gasteiger partial charge in [0.2, 0.25) is 0 Å². The first-order valence-corrected chi connectivity index (χ1v) is 6.18. The normalized spacial score (nSPS) is 13.7. The number of halogens is 2. The molecule has 1 aromatic carbocycles. The Morgan fingerprint density at radius 3 is 2.63 bits per heavy atom. The molecule has 0 saturated carbocycles. The van der Waals surface area contributed by atoms with E-state index in [2.05, 4.69) is 21.2 Å². The molecular formula is C12H13BrFNO4. The first-order valence-electron chi connectivity index (χ1n) is 5.39. The maximum absolute atomic E-state index is 13.2. The molecule has 0 radical (unpaired) electrons.